The van der Waals surface area contributed by atoms with Crippen molar-refractivity contribution in [3.8, 4) is 11.5 Å². The molecule has 1 aromatic heterocycles. The lowest BCUT2D eigenvalue weighted by Crippen LogP contribution is -2.16. The summed E-state index contributed by atoms with van der Waals surface area (Å²) in [4.78, 5) is 12.4. The number of aryl methyl sites for hydroxylation is 1. The van der Waals surface area contributed by atoms with Gasteiger partial charge >= 0.3 is 0 Å². The number of nitrogens with zero attached hydrogens (tertiary/aromatic N) is 3. The van der Waals surface area contributed by atoms with E-state index in [1.54, 1.807) is 35.0 Å². The van der Waals surface area contributed by atoms with Gasteiger partial charge in [0.1, 0.15) is 18.7 Å². The van der Waals surface area contributed by atoms with Crippen LogP contribution >= 0.6 is 0 Å². The van der Waals surface area contributed by atoms with Crippen molar-refractivity contribution in [2.24, 2.45) is 7.05 Å². The smallest absolute Gasteiger partial charge is 0.255 e. The Morgan fingerprint density at radius 1 is 1.13 bits per heavy atom. The minimum atomic E-state index is -0.214. The van der Waals surface area contributed by atoms with Crippen LogP contribution < -0.4 is 14.8 Å². The normalized spacial score (nSPS) is 13.1. The van der Waals surface area contributed by atoms with Crippen LogP contribution in [0.25, 0.3) is 11.0 Å². The maximum absolute atomic E-state index is 12.4. The predicted octanol–water partition coefficient (Wildman–Crippen LogP) is 1.99. The second kappa shape index (κ2) is 5.28. The van der Waals surface area contributed by atoms with Crippen LogP contribution in [-0.4, -0.2) is 34.1 Å². The van der Waals surface area contributed by atoms with Gasteiger partial charge in [-0.2, -0.15) is 0 Å². The van der Waals surface area contributed by atoms with Crippen LogP contribution in [0.5, 0.6) is 11.5 Å². The molecule has 0 saturated carbocycles. The molecule has 0 radical (unpaired) electrons. The van der Waals surface area contributed by atoms with Crippen molar-refractivity contribution < 1.29 is 14.3 Å². The zero-order chi connectivity index (χ0) is 15.8. The SMILES string of the molecule is Cn1nnc2cc(C(=O)Nc3ccc4c(c3)OCCO4)ccc21. The lowest BCUT2D eigenvalue weighted by molar-refractivity contribution is 0.102. The number of aromatic nitrogens is 3. The van der Waals surface area contributed by atoms with Crippen LogP contribution in [0.15, 0.2) is 36.4 Å². The molecule has 0 fully saturated rings. The molecule has 1 amide bonds. The molecule has 7 nitrogen and oxygen atoms in total. The Kier molecular flexibility index (Phi) is 3.11. The van der Waals surface area contributed by atoms with Gasteiger partial charge in [0.05, 0.1) is 5.52 Å². The van der Waals surface area contributed by atoms with Crippen LogP contribution in [0.1, 0.15) is 10.4 Å². The summed E-state index contributed by atoms with van der Waals surface area (Å²) in [5.74, 6) is 1.11. The van der Waals surface area contributed by atoms with E-state index in [1.807, 2.05) is 13.1 Å². The molecule has 2 heterocycles. The van der Waals surface area contributed by atoms with Gasteiger partial charge in [-0.3, -0.25) is 4.79 Å². The molecule has 23 heavy (non-hydrogen) atoms. The first-order valence-corrected chi connectivity index (χ1v) is 7.21. The van der Waals surface area contributed by atoms with Gasteiger partial charge in [-0.15, -0.1) is 5.10 Å². The minimum absolute atomic E-state index is 0.214. The lowest BCUT2D eigenvalue weighted by Gasteiger charge is -2.19. The predicted molar refractivity (Wildman–Crippen MR) is 83.9 cm³/mol. The number of hydrogen-bond acceptors (Lipinski definition) is 5. The number of carbonyl (C=O) groups excluding carboxylic acids is 1. The number of hydrogen-bond donors (Lipinski definition) is 1. The lowest BCUT2D eigenvalue weighted by atomic mass is 10.1. The number of amides is 1. The van der Waals surface area contributed by atoms with Crippen molar-refractivity contribution in [3.63, 3.8) is 0 Å². The molecule has 2 aromatic carbocycles. The van der Waals surface area contributed by atoms with E-state index in [4.69, 9.17) is 9.47 Å². The van der Waals surface area contributed by atoms with E-state index < -0.39 is 0 Å². The van der Waals surface area contributed by atoms with Gasteiger partial charge < -0.3 is 14.8 Å². The van der Waals surface area contributed by atoms with E-state index in [0.29, 0.717) is 41.5 Å². The first kappa shape index (κ1) is 13.6. The Balaban J connectivity index is 1.58. The summed E-state index contributed by atoms with van der Waals surface area (Å²) >= 11 is 0. The number of fused-ring (bicyclic) bond motifs is 2. The van der Waals surface area contributed by atoms with Crippen molar-refractivity contribution in [2.45, 2.75) is 0 Å². The Labute approximate surface area is 131 Å². The third-order valence-corrected chi connectivity index (χ3v) is 3.67. The first-order valence-electron chi connectivity index (χ1n) is 7.21. The molecule has 3 aromatic rings. The van der Waals surface area contributed by atoms with E-state index in [0.717, 1.165) is 5.52 Å². The van der Waals surface area contributed by atoms with E-state index in [-0.39, 0.29) is 5.91 Å². The molecule has 1 N–H and O–H groups in total. The number of rotatable bonds is 2. The highest BCUT2D eigenvalue weighted by Gasteiger charge is 2.14. The van der Waals surface area contributed by atoms with Gasteiger partial charge in [0.15, 0.2) is 11.5 Å². The Hall–Kier alpha value is -3.09. The van der Waals surface area contributed by atoms with Crippen molar-refractivity contribution in [3.05, 3.63) is 42.0 Å². The summed E-state index contributed by atoms with van der Waals surface area (Å²) in [5.41, 5.74) is 2.73. The molecule has 1 aliphatic heterocycles. The summed E-state index contributed by atoms with van der Waals surface area (Å²) < 4.78 is 12.6. The number of carbonyl (C=O) groups is 1. The fourth-order valence-corrected chi connectivity index (χ4v) is 2.51. The second-order valence-corrected chi connectivity index (χ2v) is 5.23. The molecule has 0 spiro atoms. The molecule has 0 aliphatic carbocycles. The molecular weight excluding hydrogens is 296 g/mol. The fourth-order valence-electron chi connectivity index (χ4n) is 2.51. The molecule has 7 heteroatoms. The summed E-state index contributed by atoms with van der Waals surface area (Å²) in [7, 11) is 1.81. The highest BCUT2D eigenvalue weighted by atomic mass is 16.6. The standard InChI is InChI=1S/C16H14N4O3/c1-20-13-4-2-10(8-12(13)18-19-20)16(21)17-11-3-5-14-15(9-11)23-7-6-22-14/h2-5,8-9H,6-7H2,1H3,(H,17,21). The Bertz CT molecular complexity index is 903. The summed E-state index contributed by atoms with van der Waals surface area (Å²) in [6, 6.07) is 10.6. The zero-order valence-electron chi connectivity index (χ0n) is 12.4. The van der Waals surface area contributed by atoms with E-state index in [9.17, 15) is 4.79 Å². The molecule has 4 rings (SSSR count). The number of benzene rings is 2. The van der Waals surface area contributed by atoms with Gasteiger partial charge in [0, 0.05) is 24.4 Å². The van der Waals surface area contributed by atoms with Crippen molar-refractivity contribution in [1.82, 2.24) is 15.0 Å². The summed E-state index contributed by atoms with van der Waals surface area (Å²) in [6.07, 6.45) is 0. The van der Waals surface area contributed by atoms with Gasteiger partial charge in [-0.05, 0) is 30.3 Å². The molecule has 0 atom stereocenters. The van der Waals surface area contributed by atoms with Crippen LogP contribution in [0, 0.1) is 0 Å². The average molecular weight is 310 g/mol. The Morgan fingerprint density at radius 2 is 1.96 bits per heavy atom. The highest BCUT2D eigenvalue weighted by molar-refractivity contribution is 6.06. The van der Waals surface area contributed by atoms with E-state index in [2.05, 4.69) is 15.6 Å². The monoisotopic (exact) mass is 310 g/mol. The summed E-state index contributed by atoms with van der Waals surface area (Å²) in [6.45, 7) is 1.05. The first-order chi connectivity index (χ1) is 11.2. The zero-order valence-corrected chi connectivity index (χ0v) is 12.4. The van der Waals surface area contributed by atoms with Crippen LogP contribution in [0.3, 0.4) is 0 Å². The maximum atomic E-state index is 12.4. The molecule has 0 unspecified atom stereocenters. The molecular formula is C16H14N4O3. The van der Waals surface area contributed by atoms with Gasteiger partial charge in [-0.1, -0.05) is 5.21 Å². The third-order valence-electron chi connectivity index (χ3n) is 3.67. The van der Waals surface area contributed by atoms with Gasteiger partial charge in [0.25, 0.3) is 5.91 Å². The fraction of sp³-hybridized carbons (Fsp3) is 0.188. The molecule has 116 valence electrons. The molecule has 0 saturated heterocycles. The Morgan fingerprint density at radius 3 is 2.83 bits per heavy atom. The third kappa shape index (κ3) is 2.46. The molecule has 1 aliphatic rings. The second-order valence-electron chi connectivity index (χ2n) is 5.23. The van der Waals surface area contributed by atoms with Gasteiger partial charge in [-0.25, -0.2) is 4.68 Å². The van der Waals surface area contributed by atoms with Crippen molar-refractivity contribution in [1.29, 1.82) is 0 Å². The van der Waals surface area contributed by atoms with Crippen LogP contribution in [-0.2, 0) is 7.05 Å². The quantitative estimate of drug-likeness (QED) is 0.783. The molecule has 0 bridgehead atoms. The van der Waals surface area contributed by atoms with Crippen LogP contribution in [0.2, 0.25) is 0 Å². The summed E-state index contributed by atoms with van der Waals surface area (Å²) in [5, 5.41) is 10.8. The number of anilines is 1. The minimum Gasteiger partial charge on any atom is -0.486 e. The van der Waals surface area contributed by atoms with E-state index >= 15 is 0 Å². The maximum Gasteiger partial charge on any atom is 0.255 e. The number of nitrogens with one attached hydrogen (secondary N) is 1. The van der Waals surface area contributed by atoms with Crippen LogP contribution in [0.4, 0.5) is 5.69 Å². The van der Waals surface area contributed by atoms with Crippen molar-refractivity contribution >= 4 is 22.6 Å². The topological polar surface area (TPSA) is 78.3 Å². The largest absolute Gasteiger partial charge is 0.486 e. The van der Waals surface area contributed by atoms with Gasteiger partial charge in [0.2, 0.25) is 0 Å². The van der Waals surface area contributed by atoms with Crippen molar-refractivity contribution in [2.75, 3.05) is 18.5 Å². The van der Waals surface area contributed by atoms with E-state index in [1.165, 1.54) is 0 Å². The number of ether oxygens (including phenoxy) is 2. The average Bonchev–Trinajstić information content (AvgIpc) is 2.95. The highest BCUT2D eigenvalue weighted by Crippen LogP contribution is 2.32.